The lowest BCUT2D eigenvalue weighted by molar-refractivity contribution is -0.895. The fourth-order valence-corrected chi connectivity index (χ4v) is 4.93. The fraction of sp³-hybridized carbons (Fsp3) is 0.350. The number of carbonyl (C=O) groups excluding carboxylic acids is 1. The van der Waals surface area contributed by atoms with Gasteiger partial charge in [-0.25, -0.2) is 8.42 Å². The number of carbonyl (C=O) groups is 1. The van der Waals surface area contributed by atoms with E-state index in [1.807, 2.05) is 6.92 Å². The molecule has 1 amide bonds. The molecule has 156 valence electrons. The van der Waals surface area contributed by atoms with Crippen molar-refractivity contribution in [3.8, 4) is 5.75 Å². The van der Waals surface area contributed by atoms with Crippen molar-refractivity contribution in [3.05, 3.63) is 53.1 Å². The van der Waals surface area contributed by atoms with Gasteiger partial charge in [-0.15, -0.1) is 0 Å². The maximum Gasteiger partial charge on any atom is 0.279 e. The lowest BCUT2D eigenvalue weighted by Gasteiger charge is -2.31. The summed E-state index contributed by atoms with van der Waals surface area (Å²) in [6.07, 6.45) is 0. The van der Waals surface area contributed by atoms with E-state index in [0.29, 0.717) is 47.5 Å². The quantitative estimate of drug-likeness (QED) is 0.710. The van der Waals surface area contributed by atoms with Crippen LogP contribution in [0.2, 0.25) is 5.02 Å². The number of nitrogens with zero attached hydrogens (tertiary/aromatic N) is 1. The van der Waals surface area contributed by atoms with Crippen LogP contribution < -0.4 is 15.0 Å². The second kappa shape index (κ2) is 9.13. The summed E-state index contributed by atoms with van der Waals surface area (Å²) in [4.78, 5) is 13.8. The van der Waals surface area contributed by atoms with Crippen molar-refractivity contribution in [2.75, 3.05) is 45.2 Å². The fourth-order valence-electron chi connectivity index (χ4n) is 3.31. The SMILES string of the molecule is COc1cc(Cl)c(C)cc1NC(=O)C[NH+]1CCN(S(=O)(=O)c2ccccc2)CC1. The van der Waals surface area contributed by atoms with Crippen LogP contribution in [0.15, 0.2) is 47.4 Å². The van der Waals surface area contributed by atoms with E-state index in [1.165, 1.54) is 11.4 Å². The second-order valence-corrected chi connectivity index (χ2v) is 9.34. The zero-order valence-corrected chi connectivity index (χ0v) is 18.0. The molecule has 7 nitrogen and oxygen atoms in total. The molecule has 0 atom stereocenters. The van der Waals surface area contributed by atoms with Gasteiger partial charge >= 0.3 is 0 Å². The van der Waals surface area contributed by atoms with E-state index in [1.54, 1.807) is 42.5 Å². The lowest BCUT2D eigenvalue weighted by atomic mass is 10.2. The number of benzene rings is 2. The molecule has 1 aliphatic rings. The molecule has 9 heteroatoms. The van der Waals surface area contributed by atoms with E-state index >= 15 is 0 Å². The Hall–Kier alpha value is -2.13. The molecule has 1 aliphatic heterocycles. The summed E-state index contributed by atoms with van der Waals surface area (Å²) in [6.45, 7) is 4.00. The number of halogens is 1. The van der Waals surface area contributed by atoms with Crippen molar-refractivity contribution in [1.82, 2.24) is 4.31 Å². The van der Waals surface area contributed by atoms with Crippen molar-refractivity contribution in [3.63, 3.8) is 0 Å². The normalized spacial score (nSPS) is 15.8. The highest BCUT2D eigenvalue weighted by Crippen LogP contribution is 2.30. The first-order valence-electron chi connectivity index (χ1n) is 9.34. The van der Waals surface area contributed by atoms with Gasteiger partial charge in [0.05, 0.1) is 43.9 Å². The molecule has 0 aromatic heterocycles. The van der Waals surface area contributed by atoms with Gasteiger partial charge in [0, 0.05) is 11.1 Å². The third-order valence-corrected chi connectivity index (χ3v) is 7.30. The highest BCUT2D eigenvalue weighted by molar-refractivity contribution is 7.89. The second-order valence-electron chi connectivity index (χ2n) is 6.99. The molecular weight excluding hydrogens is 414 g/mol. The Bertz CT molecular complexity index is 975. The summed E-state index contributed by atoms with van der Waals surface area (Å²) in [7, 11) is -1.97. The van der Waals surface area contributed by atoms with Gasteiger partial charge in [0.1, 0.15) is 5.75 Å². The largest absolute Gasteiger partial charge is 0.495 e. The Balaban J connectivity index is 1.57. The number of quaternary nitrogens is 1. The predicted octanol–water partition coefficient (Wildman–Crippen LogP) is 1.18. The van der Waals surface area contributed by atoms with Crippen LogP contribution in [-0.2, 0) is 14.8 Å². The molecule has 0 saturated carbocycles. The first kappa shape index (κ1) is 21.6. The third-order valence-electron chi connectivity index (χ3n) is 4.98. The number of methoxy groups -OCH3 is 1. The molecule has 1 heterocycles. The number of aryl methyl sites for hydroxylation is 1. The van der Waals surface area contributed by atoms with Crippen LogP contribution in [0.25, 0.3) is 0 Å². The smallest absolute Gasteiger partial charge is 0.279 e. The molecule has 1 fully saturated rings. The summed E-state index contributed by atoms with van der Waals surface area (Å²) in [5.74, 6) is 0.349. The summed E-state index contributed by atoms with van der Waals surface area (Å²) < 4.78 is 32.2. The lowest BCUT2D eigenvalue weighted by Crippen LogP contribution is -3.15. The van der Waals surface area contributed by atoms with Crippen molar-refractivity contribution in [2.24, 2.45) is 0 Å². The number of sulfonamides is 1. The monoisotopic (exact) mass is 438 g/mol. The van der Waals surface area contributed by atoms with Crippen molar-refractivity contribution in [2.45, 2.75) is 11.8 Å². The van der Waals surface area contributed by atoms with E-state index in [2.05, 4.69) is 5.32 Å². The molecule has 2 aromatic carbocycles. The van der Waals surface area contributed by atoms with Gasteiger partial charge in [-0.2, -0.15) is 4.31 Å². The van der Waals surface area contributed by atoms with Gasteiger partial charge in [-0.05, 0) is 30.7 Å². The summed E-state index contributed by atoms with van der Waals surface area (Å²) >= 11 is 6.10. The molecule has 2 aromatic rings. The molecule has 0 unspecified atom stereocenters. The molecular formula is C20H25ClN3O4S+. The van der Waals surface area contributed by atoms with Gasteiger partial charge in [0.15, 0.2) is 6.54 Å². The van der Waals surface area contributed by atoms with Gasteiger partial charge in [-0.1, -0.05) is 29.8 Å². The minimum Gasteiger partial charge on any atom is -0.495 e. The number of ether oxygens (including phenoxy) is 1. The van der Waals surface area contributed by atoms with Crippen LogP contribution in [0.1, 0.15) is 5.56 Å². The first-order valence-corrected chi connectivity index (χ1v) is 11.2. The molecule has 0 bridgehead atoms. The van der Waals surface area contributed by atoms with E-state index < -0.39 is 10.0 Å². The van der Waals surface area contributed by atoms with Crippen LogP contribution in [-0.4, -0.2) is 58.5 Å². The van der Waals surface area contributed by atoms with E-state index in [4.69, 9.17) is 16.3 Å². The van der Waals surface area contributed by atoms with E-state index in [9.17, 15) is 13.2 Å². The maximum absolute atomic E-state index is 12.7. The van der Waals surface area contributed by atoms with Gasteiger partial charge in [-0.3, -0.25) is 4.79 Å². The Kier molecular flexibility index (Phi) is 6.79. The Morgan fingerprint density at radius 1 is 1.21 bits per heavy atom. The number of amides is 1. The van der Waals surface area contributed by atoms with Gasteiger partial charge in [0.25, 0.3) is 5.91 Å². The van der Waals surface area contributed by atoms with Crippen molar-refractivity contribution < 1.29 is 22.8 Å². The highest BCUT2D eigenvalue weighted by Gasteiger charge is 2.31. The number of nitrogens with one attached hydrogen (secondary N) is 2. The number of anilines is 1. The summed E-state index contributed by atoms with van der Waals surface area (Å²) in [5, 5.41) is 3.44. The molecule has 2 N–H and O–H groups in total. The topological polar surface area (TPSA) is 80.2 Å². The first-order chi connectivity index (χ1) is 13.8. The average Bonchev–Trinajstić information content (AvgIpc) is 2.71. The molecule has 0 radical (unpaired) electrons. The van der Waals surface area contributed by atoms with Crippen LogP contribution in [0, 0.1) is 6.92 Å². The minimum atomic E-state index is -3.49. The van der Waals surface area contributed by atoms with Crippen LogP contribution in [0.5, 0.6) is 5.75 Å². The standard InChI is InChI=1S/C20H24ClN3O4S/c1-15-12-18(19(28-2)13-17(15)21)22-20(25)14-23-8-10-24(11-9-23)29(26,27)16-6-4-3-5-7-16/h3-7,12-13H,8-11,14H2,1-2H3,(H,22,25)/p+1. The zero-order chi connectivity index (χ0) is 21.0. The Morgan fingerprint density at radius 3 is 2.48 bits per heavy atom. The van der Waals surface area contributed by atoms with Crippen LogP contribution >= 0.6 is 11.6 Å². The number of rotatable bonds is 6. The van der Waals surface area contributed by atoms with Crippen LogP contribution in [0.3, 0.4) is 0 Å². The van der Waals surface area contributed by atoms with Gasteiger partial charge < -0.3 is 15.0 Å². The summed E-state index contributed by atoms with van der Waals surface area (Å²) in [5.41, 5.74) is 1.42. The Morgan fingerprint density at radius 2 is 1.86 bits per heavy atom. The Labute approximate surface area is 176 Å². The maximum atomic E-state index is 12.7. The number of hydrogen-bond donors (Lipinski definition) is 2. The average molecular weight is 439 g/mol. The van der Waals surface area contributed by atoms with E-state index in [0.717, 1.165) is 10.5 Å². The minimum absolute atomic E-state index is 0.153. The molecule has 29 heavy (non-hydrogen) atoms. The number of piperazine rings is 1. The predicted molar refractivity (Wildman–Crippen MR) is 112 cm³/mol. The molecule has 0 aliphatic carbocycles. The van der Waals surface area contributed by atoms with Crippen LogP contribution in [0.4, 0.5) is 5.69 Å². The molecule has 0 spiro atoms. The van der Waals surface area contributed by atoms with E-state index in [-0.39, 0.29) is 12.5 Å². The highest BCUT2D eigenvalue weighted by atomic mass is 35.5. The zero-order valence-electron chi connectivity index (χ0n) is 16.4. The van der Waals surface area contributed by atoms with Crippen molar-refractivity contribution in [1.29, 1.82) is 0 Å². The molecule has 1 saturated heterocycles. The van der Waals surface area contributed by atoms with Crippen molar-refractivity contribution >= 4 is 33.2 Å². The number of hydrogen-bond acceptors (Lipinski definition) is 4. The van der Waals surface area contributed by atoms with Gasteiger partial charge in [0.2, 0.25) is 10.0 Å². The molecule has 3 rings (SSSR count). The third kappa shape index (κ3) is 5.08. The summed E-state index contributed by atoms with van der Waals surface area (Å²) in [6, 6.07) is 11.9.